The van der Waals surface area contributed by atoms with E-state index in [1.54, 1.807) is 26.4 Å². The number of phenolic OH excluding ortho intramolecular Hbond substituents is 1. The van der Waals surface area contributed by atoms with Crippen LogP contribution in [0.5, 0.6) is 23.0 Å². The van der Waals surface area contributed by atoms with Crippen LogP contribution in [0.25, 0.3) is 0 Å². The molecule has 6 heteroatoms. The first kappa shape index (κ1) is 16.5. The fourth-order valence-corrected chi connectivity index (χ4v) is 2.02. The number of hydrogen-bond acceptors (Lipinski definition) is 6. The Morgan fingerprint density at radius 2 is 1.74 bits per heavy atom. The molecule has 23 heavy (non-hydrogen) atoms. The normalized spacial score (nSPS) is 10.0. The summed E-state index contributed by atoms with van der Waals surface area (Å²) in [7, 11) is 4.38. The third-order valence-electron chi connectivity index (χ3n) is 3.23. The molecule has 122 valence electrons. The summed E-state index contributed by atoms with van der Waals surface area (Å²) in [5, 5.41) is 9.82. The van der Waals surface area contributed by atoms with Gasteiger partial charge in [0.05, 0.1) is 21.3 Å². The van der Waals surface area contributed by atoms with Gasteiger partial charge in [-0.2, -0.15) is 0 Å². The molecule has 0 aliphatic carbocycles. The molecule has 0 heterocycles. The maximum Gasteiger partial charge on any atom is 0.341 e. The van der Waals surface area contributed by atoms with E-state index < -0.39 is 5.97 Å². The van der Waals surface area contributed by atoms with Crippen molar-refractivity contribution in [2.45, 2.75) is 6.61 Å². The first-order valence-corrected chi connectivity index (χ1v) is 6.84. The Balaban J connectivity index is 2.09. The fraction of sp³-hybridized carbons (Fsp3) is 0.235. The number of phenols is 1. The van der Waals surface area contributed by atoms with Crippen LogP contribution in [0.4, 0.5) is 0 Å². The van der Waals surface area contributed by atoms with Gasteiger partial charge < -0.3 is 24.1 Å². The zero-order valence-electron chi connectivity index (χ0n) is 13.2. The van der Waals surface area contributed by atoms with Crippen molar-refractivity contribution in [3.8, 4) is 23.0 Å². The molecule has 0 amide bonds. The molecule has 0 saturated carbocycles. The second-order valence-electron chi connectivity index (χ2n) is 4.65. The van der Waals surface area contributed by atoms with Crippen LogP contribution in [0.3, 0.4) is 0 Å². The van der Waals surface area contributed by atoms with Crippen molar-refractivity contribution in [3.05, 3.63) is 47.5 Å². The lowest BCUT2D eigenvalue weighted by molar-refractivity contribution is 0.0597. The lowest BCUT2D eigenvalue weighted by atomic mass is 10.2. The molecule has 2 aromatic rings. The van der Waals surface area contributed by atoms with E-state index in [0.29, 0.717) is 17.2 Å². The highest BCUT2D eigenvalue weighted by Gasteiger charge is 2.12. The molecule has 0 radical (unpaired) electrons. The maximum absolute atomic E-state index is 11.4. The minimum atomic E-state index is -0.603. The molecule has 0 aliphatic heterocycles. The van der Waals surface area contributed by atoms with Gasteiger partial charge in [-0.1, -0.05) is 6.07 Å². The SMILES string of the molecule is COC(=O)c1ccc(OCc2ccc(OC)c(OC)c2)cc1O. The summed E-state index contributed by atoms with van der Waals surface area (Å²) in [6, 6.07) is 9.85. The van der Waals surface area contributed by atoms with Crippen molar-refractivity contribution in [2.75, 3.05) is 21.3 Å². The van der Waals surface area contributed by atoms with Gasteiger partial charge >= 0.3 is 5.97 Å². The van der Waals surface area contributed by atoms with Gasteiger partial charge in [0.15, 0.2) is 11.5 Å². The minimum Gasteiger partial charge on any atom is -0.507 e. The Morgan fingerprint density at radius 1 is 1.00 bits per heavy atom. The summed E-state index contributed by atoms with van der Waals surface area (Å²) in [6.07, 6.45) is 0. The Morgan fingerprint density at radius 3 is 2.35 bits per heavy atom. The highest BCUT2D eigenvalue weighted by Crippen LogP contribution is 2.29. The van der Waals surface area contributed by atoms with Gasteiger partial charge in [0.25, 0.3) is 0 Å². The number of hydrogen-bond donors (Lipinski definition) is 1. The van der Waals surface area contributed by atoms with E-state index in [0.717, 1.165) is 5.56 Å². The van der Waals surface area contributed by atoms with E-state index in [-0.39, 0.29) is 17.9 Å². The summed E-state index contributed by atoms with van der Waals surface area (Å²) >= 11 is 0. The van der Waals surface area contributed by atoms with Crippen LogP contribution in [0.15, 0.2) is 36.4 Å². The van der Waals surface area contributed by atoms with Crippen LogP contribution in [-0.4, -0.2) is 32.4 Å². The molecule has 2 rings (SSSR count). The van der Waals surface area contributed by atoms with E-state index in [9.17, 15) is 9.90 Å². The molecule has 0 aliphatic rings. The van der Waals surface area contributed by atoms with E-state index in [4.69, 9.17) is 14.2 Å². The van der Waals surface area contributed by atoms with Gasteiger partial charge in [0.1, 0.15) is 23.7 Å². The molecule has 1 N–H and O–H groups in total. The maximum atomic E-state index is 11.4. The van der Waals surface area contributed by atoms with Crippen LogP contribution >= 0.6 is 0 Å². The van der Waals surface area contributed by atoms with Crippen LogP contribution < -0.4 is 14.2 Å². The summed E-state index contributed by atoms with van der Waals surface area (Å²) in [5.74, 6) is 0.884. The van der Waals surface area contributed by atoms with Crippen LogP contribution in [-0.2, 0) is 11.3 Å². The highest BCUT2D eigenvalue weighted by molar-refractivity contribution is 5.92. The van der Waals surface area contributed by atoms with Crippen molar-refractivity contribution in [1.29, 1.82) is 0 Å². The molecule has 0 aromatic heterocycles. The minimum absolute atomic E-state index is 0.0889. The predicted molar refractivity (Wildman–Crippen MR) is 83.3 cm³/mol. The van der Waals surface area contributed by atoms with E-state index in [1.807, 2.05) is 12.1 Å². The molecule has 0 spiro atoms. The van der Waals surface area contributed by atoms with E-state index in [1.165, 1.54) is 19.2 Å². The molecule has 0 atom stereocenters. The first-order chi connectivity index (χ1) is 11.1. The molecule has 0 unspecified atom stereocenters. The number of methoxy groups -OCH3 is 3. The molecule has 6 nitrogen and oxygen atoms in total. The molecular formula is C17H18O6. The average Bonchev–Trinajstić information content (AvgIpc) is 2.59. The standard InChI is InChI=1S/C17H18O6/c1-20-15-7-4-11(8-16(15)21-2)10-23-12-5-6-13(14(18)9-12)17(19)22-3/h4-9,18H,10H2,1-3H3. The van der Waals surface area contributed by atoms with E-state index in [2.05, 4.69) is 4.74 Å². The Bertz CT molecular complexity index is 695. The molecule has 0 saturated heterocycles. The van der Waals surface area contributed by atoms with Crippen molar-refractivity contribution >= 4 is 5.97 Å². The Hall–Kier alpha value is -2.89. The topological polar surface area (TPSA) is 74.2 Å². The van der Waals surface area contributed by atoms with Crippen LogP contribution in [0, 0.1) is 0 Å². The lowest BCUT2D eigenvalue weighted by Crippen LogP contribution is -2.02. The van der Waals surface area contributed by atoms with Crippen molar-refractivity contribution < 1.29 is 28.8 Å². The van der Waals surface area contributed by atoms with Crippen molar-refractivity contribution in [2.24, 2.45) is 0 Å². The summed E-state index contributed by atoms with van der Waals surface area (Å²) in [4.78, 5) is 11.4. The number of carbonyl (C=O) groups is 1. The molecule has 0 bridgehead atoms. The van der Waals surface area contributed by atoms with Gasteiger partial charge in [-0.15, -0.1) is 0 Å². The third-order valence-corrected chi connectivity index (χ3v) is 3.23. The Labute approximate surface area is 134 Å². The van der Waals surface area contributed by atoms with Gasteiger partial charge in [-0.3, -0.25) is 0 Å². The molecular weight excluding hydrogens is 300 g/mol. The quantitative estimate of drug-likeness (QED) is 0.826. The van der Waals surface area contributed by atoms with Crippen molar-refractivity contribution in [1.82, 2.24) is 0 Å². The number of esters is 1. The zero-order chi connectivity index (χ0) is 16.8. The smallest absolute Gasteiger partial charge is 0.341 e. The van der Waals surface area contributed by atoms with E-state index >= 15 is 0 Å². The lowest BCUT2D eigenvalue weighted by Gasteiger charge is -2.11. The number of carbonyl (C=O) groups excluding carboxylic acids is 1. The predicted octanol–water partition coefficient (Wildman–Crippen LogP) is 2.78. The summed E-state index contributed by atoms with van der Waals surface area (Å²) < 4.78 is 20.6. The number of ether oxygens (including phenoxy) is 4. The number of rotatable bonds is 6. The fourth-order valence-electron chi connectivity index (χ4n) is 2.02. The van der Waals surface area contributed by atoms with Gasteiger partial charge in [0, 0.05) is 6.07 Å². The number of benzene rings is 2. The second-order valence-corrected chi connectivity index (χ2v) is 4.65. The van der Waals surface area contributed by atoms with Gasteiger partial charge in [-0.05, 0) is 29.8 Å². The summed E-state index contributed by atoms with van der Waals surface area (Å²) in [5.41, 5.74) is 0.963. The second kappa shape index (κ2) is 7.40. The molecule has 0 fully saturated rings. The van der Waals surface area contributed by atoms with Crippen LogP contribution in [0.2, 0.25) is 0 Å². The van der Waals surface area contributed by atoms with Crippen LogP contribution in [0.1, 0.15) is 15.9 Å². The third kappa shape index (κ3) is 3.85. The average molecular weight is 318 g/mol. The number of aromatic hydroxyl groups is 1. The Kier molecular flexibility index (Phi) is 5.30. The van der Waals surface area contributed by atoms with Gasteiger partial charge in [-0.25, -0.2) is 4.79 Å². The monoisotopic (exact) mass is 318 g/mol. The van der Waals surface area contributed by atoms with Crippen molar-refractivity contribution in [3.63, 3.8) is 0 Å². The van der Waals surface area contributed by atoms with Gasteiger partial charge in [0.2, 0.25) is 0 Å². The zero-order valence-corrected chi connectivity index (χ0v) is 13.2. The first-order valence-electron chi connectivity index (χ1n) is 6.84. The highest BCUT2D eigenvalue weighted by atomic mass is 16.5. The summed E-state index contributed by atoms with van der Waals surface area (Å²) in [6.45, 7) is 0.275. The largest absolute Gasteiger partial charge is 0.507 e. The molecule has 2 aromatic carbocycles.